The zero-order valence-electron chi connectivity index (χ0n) is 5.59. The van der Waals surface area contributed by atoms with Gasteiger partial charge in [-0.25, -0.2) is 0 Å². The summed E-state index contributed by atoms with van der Waals surface area (Å²) < 4.78 is 1.49. The van der Waals surface area contributed by atoms with Crippen LogP contribution < -0.4 is 4.46 Å². The Morgan fingerprint density at radius 3 is 2.50 bits per heavy atom. The van der Waals surface area contributed by atoms with Crippen LogP contribution in [0.3, 0.4) is 0 Å². The molecule has 0 unspecified atom stereocenters. The van der Waals surface area contributed by atoms with Gasteiger partial charge in [0.25, 0.3) is 0 Å². The van der Waals surface area contributed by atoms with Crippen molar-refractivity contribution in [2.45, 2.75) is 5.32 Å². The molecule has 1 aromatic carbocycles. The van der Waals surface area contributed by atoms with Crippen LogP contribution in [0.1, 0.15) is 0 Å². The average Bonchev–Trinajstić information content (AvgIpc) is 2.03. The van der Waals surface area contributed by atoms with E-state index in [1.165, 1.54) is 9.78 Å². The number of hydrogen-bond acceptors (Lipinski definition) is 0. The predicted molar refractivity (Wildman–Crippen MR) is 50.4 cm³/mol. The minimum absolute atomic E-state index is 0.671. The fraction of sp³-hybridized carbons (Fsp3) is 0.250. The summed E-state index contributed by atoms with van der Waals surface area (Å²) in [5.74, 6) is 0. The van der Waals surface area contributed by atoms with Gasteiger partial charge in [0.15, 0.2) is 0 Å². The van der Waals surface area contributed by atoms with E-state index < -0.39 is 0 Å². The fourth-order valence-corrected chi connectivity index (χ4v) is 2.90. The number of benzene rings is 1. The van der Waals surface area contributed by atoms with Crippen molar-refractivity contribution < 1.29 is 0 Å². The summed E-state index contributed by atoms with van der Waals surface area (Å²) in [4.78, 5) is 0. The van der Waals surface area contributed by atoms with Crippen LogP contribution in [0.15, 0.2) is 30.3 Å². The summed E-state index contributed by atoms with van der Waals surface area (Å²) in [6.07, 6.45) is 0. The van der Waals surface area contributed by atoms with Gasteiger partial charge in [0.1, 0.15) is 0 Å². The summed E-state index contributed by atoms with van der Waals surface area (Å²) in [5.41, 5.74) is 0. The molecule has 1 rings (SSSR count). The van der Waals surface area contributed by atoms with Crippen molar-refractivity contribution in [1.29, 1.82) is 0 Å². The number of hydrogen-bond donors (Lipinski definition) is 0. The minimum atomic E-state index is 0.671. The molecule has 0 aliphatic heterocycles. The maximum atomic E-state index is 3.42. The quantitative estimate of drug-likeness (QED) is 0.577. The Kier molecular flexibility index (Phi) is 4.12. The molecule has 0 aliphatic carbocycles. The predicted octanol–water partition coefficient (Wildman–Crippen LogP) is 1.83. The normalized spacial score (nSPS) is 9.70. The fourth-order valence-electron chi connectivity index (χ4n) is 0.673. The van der Waals surface area contributed by atoms with E-state index in [2.05, 4.69) is 46.3 Å². The van der Waals surface area contributed by atoms with Crippen LogP contribution in [0.4, 0.5) is 0 Å². The second-order valence-electron chi connectivity index (χ2n) is 1.85. The summed E-state index contributed by atoms with van der Waals surface area (Å²) in [7, 11) is 0. The van der Waals surface area contributed by atoms with Crippen LogP contribution in [-0.4, -0.2) is 20.3 Å². The molecule has 0 saturated heterocycles. The molecule has 2 heteroatoms. The van der Waals surface area contributed by atoms with Crippen LogP contribution in [0, 0.1) is 0 Å². The Morgan fingerprint density at radius 1 is 1.20 bits per heavy atom. The van der Waals surface area contributed by atoms with Gasteiger partial charge in [-0.2, -0.15) is 0 Å². The van der Waals surface area contributed by atoms with Crippen LogP contribution in [0.2, 0.25) is 5.32 Å². The van der Waals surface area contributed by atoms with E-state index in [9.17, 15) is 0 Å². The third-order valence-corrected chi connectivity index (χ3v) is 4.79. The molecule has 54 valence electrons. The van der Waals surface area contributed by atoms with Crippen LogP contribution in [0.5, 0.6) is 0 Å². The van der Waals surface area contributed by atoms with E-state index in [1.54, 1.807) is 0 Å². The molecule has 0 fully saturated rings. The molecule has 0 atom stereocenters. The molecule has 0 N–H and O–H groups in total. The van der Waals surface area contributed by atoms with Crippen molar-refractivity contribution in [3.63, 3.8) is 0 Å². The second kappa shape index (κ2) is 4.95. The molecule has 0 nitrogen and oxygen atoms in total. The van der Waals surface area contributed by atoms with Gasteiger partial charge in [-0.1, -0.05) is 0 Å². The molecule has 0 aromatic heterocycles. The van der Waals surface area contributed by atoms with Crippen LogP contribution >= 0.6 is 15.9 Å². The Balaban J connectivity index is 2.43. The molecule has 0 amide bonds. The average molecular weight is 264 g/mol. The first-order chi connectivity index (χ1) is 4.93. The Labute approximate surface area is 76.3 Å². The zero-order valence-corrected chi connectivity index (χ0v) is 8.89. The first-order valence-electron chi connectivity index (χ1n) is 3.17. The van der Waals surface area contributed by atoms with Crippen molar-refractivity contribution in [3.05, 3.63) is 30.3 Å². The van der Waals surface area contributed by atoms with Gasteiger partial charge in [-0.05, 0) is 0 Å². The number of rotatable bonds is 3. The Morgan fingerprint density at radius 2 is 1.90 bits per heavy atom. The van der Waals surface area contributed by atoms with E-state index in [4.69, 9.17) is 0 Å². The SMILES string of the molecule is BrCC[Se]c1ccccc1. The van der Waals surface area contributed by atoms with E-state index in [0.29, 0.717) is 15.0 Å². The van der Waals surface area contributed by atoms with Gasteiger partial charge in [0.05, 0.1) is 0 Å². The molecule has 1 aromatic rings. The van der Waals surface area contributed by atoms with Crippen molar-refractivity contribution in [3.8, 4) is 0 Å². The van der Waals surface area contributed by atoms with Crippen molar-refractivity contribution in [2.24, 2.45) is 0 Å². The van der Waals surface area contributed by atoms with Gasteiger partial charge in [0, 0.05) is 0 Å². The Hall–Kier alpha value is 0.219. The van der Waals surface area contributed by atoms with Crippen molar-refractivity contribution in [2.75, 3.05) is 5.33 Å². The van der Waals surface area contributed by atoms with E-state index >= 15 is 0 Å². The molecular formula is C8H9BrSe. The molecule has 0 heterocycles. The Bertz CT molecular complexity index is 174. The monoisotopic (exact) mass is 264 g/mol. The first-order valence-corrected chi connectivity index (χ1v) is 6.36. The number of halogens is 1. The zero-order chi connectivity index (χ0) is 7.23. The molecule has 0 aliphatic rings. The molecule has 0 saturated carbocycles. The van der Waals surface area contributed by atoms with Crippen molar-refractivity contribution in [1.82, 2.24) is 0 Å². The number of alkyl halides is 1. The van der Waals surface area contributed by atoms with Crippen LogP contribution in [0.25, 0.3) is 0 Å². The summed E-state index contributed by atoms with van der Waals surface area (Å²) in [6, 6.07) is 10.7. The molecular weight excluding hydrogens is 255 g/mol. The van der Waals surface area contributed by atoms with Crippen molar-refractivity contribution >= 4 is 35.3 Å². The molecule has 0 bridgehead atoms. The standard InChI is InChI=1S/C8H9BrSe/c9-6-7-10-8-4-2-1-3-5-8/h1-5H,6-7H2. The third kappa shape index (κ3) is 2.87. The van der Waals surface area contributed by atoms with Gasteiger partial charge in [-0.15, -0.1) is 0 Å². The van der Waals surface area contributed by atoms with Gasteiger partial charge in [-0.3, -0.25) is 0 Å². The third-order valence-electron chi connectivity index (χ3n) is 1.09. The molecule has 0 spiro atoms. The van der Waals surface area contributed by atoms with Gasteiger partial charge < -0.3 is 0 Å². The van der Waals surface area contributed by atoms with E-state index in [-0.39, 0.29) is 0 Å². The van der Waals surface area contributed by atoms with E-state index in [1.807, 2.05) is 0 Å². The summed E-state index contributed by atoms with van der Waals surface area (Å²) >= 11 is 4.09. The van der Waals surface area contributed by atoms with E-state index in [0.717, 1.165) is 5.33 Å². The van der Waals surface area contributed by atoms with Gasteiger partial charge >= 0.3 is 76.3 Å². The van der Waals surface area contributed by atoms with Gasteiger partial charge in [0.2, 0.25) is 0 Å². The van der Waals surface area contributed by atoms with Crippen LogP contribution in [-0.2, 0) is 0 Å². The first kappa shape index (κ1) is 8.32. The second-order valence-corrected chi connectivity index (χ2v) is 5.09. The molecule has 10 heavy (non-hydrogen) atoms. The molecule has 0 radical (unpaired) electrons. The maximum absolute atomic E-state index is 3.42. The summed E-state index contributed by atoms with van der Waals surface area (Å²) in [5, 5.41) is 2.42. The topological polar surface area (TPSA) is 0 Å². The summed E-state index contributed by atoms with van der Waals surface area (Å²) in [6.45, 7) is 0.